The SMILES string of the molecule is NC1CCCN(C(=O)c2cc(-c3cccc(Cl)c3)no2)C1. The summed E-state index contributed by atoms with van der Waals surface area (Å²) in [4.78, 5) is 14.1. The minimum atomic E-state index is -0.161. The highest BCUT2D eigenvalue weighted by Crippen LogP contribution is 2.23. The number of nitrogens with zero attached hydrogens (tertiary/aromatic N) is 2. The van der Waals surface area contributed by atoms with Crippen LogP contribution >= 0.6 is 11.6 Å². The lowest BCUT2D eigenvalue weighted by Gasteiger charge is -2.29. The van der Waals surface area contributed by atoms with E-state index in [2.05, 4.69) is 5.16 Å². The van der Waals surface area contributed by atoms with E-state index in [1.807, 2.05) is 12.1 Å². The number of aromatic nitrogens is 1. The van der Waals surface area contributed by atoms with Crippen LogP contribution in [0.25, 0.3) is 11.3 Å². The first-order valence-electron chi connectivity index (χ1n) is 6.91. The first kappa shape index (κ1) is 14.1. The number of amides is 1. The summed E-state index contributed by atoms with van der Waals surface area (Å²) in [5.41, 5.74) is 7.32. The number of piperidine rings is 1. The molecule has 1 aromatic heterocycles. The summed E-state index contributed by atoms with van der Waals surface area (Å²) in [7, 11) is 0. The van der Waals surface area contributed by atoms with Crippen LogP contribution in [0.15, 0.2) is 34.9 Å². The minimum absolute atomic E-state index is 0.0398. The van der Waals surface area contributed by atoms with Crippen LogP contribution in [-0.2, 0) is 0 Å². The maximum Gasteiger partial charge on any atom is 0.292 e. The van der Waals surface area contributed by atoms with Crippen LogP contribution in [0, 0.1) is 0 Å². The molecule has 6 heteroatoms. The largest absolute Gasteiger partial charge is 0.350 e. The molecule has 110 valence electrons. The van der Waals surface area contributed by atoms with Gasteiger partial charge >= 0.3 is 0 Å². The van der Waals surface area contributed by atoms with Gasteiger partial charge in [0.05, 0.1) is 0 Å². The Kier molecular flexibility index (Phi) is 3.94. The van der Waals surface area contributed by atoms with Gasteiger partial charge in [-0.15, -0.1) is 0 Å². The van der Waals surface area contributed by atoms with Gasteiger partial charge < -0.3 is 15.2 Å². The van der Waals surface area contributed by atoms with Gasteiger partial charge in [0.15, 0.2) is 0 Å². The lowest BCUT2D eigenvalue weighted by atomic mass is 10.1. The second-order valence-electron chi connectivity index (χ2n) is 5.24. The molecule has 1 saturated heterocycles. The van der Waals surface area contributed by atoms with E-state index in [4.69, 9.17) is 21.9 Å². The molecule has 5 nitrogen and oxygen atoms in total. The van der Waals surface area contributed by atoms with Gasteiger partial charge in [0.2, 0.25) is 5.76 Å². The summed E-state index contributed by atoms with van der Waals surface area (Å²) in [5, 5.41) is 4.57. The van der Waals surface area contributed by atoms with E-state index in [1.54, 1.807) is 23.1 Å². The predicted octanol–water partition coefficient (Wildman–Crippen LogP) is 2.56. The molecule has 0 saturated carbocycles. The Balaban J connectivity index is 1.80. The Morgan fingerprint density at radius 2 is 2.29 bits per heavy atom. The van der Waals surface area contributed by atoms with E-state index < -0.39 is 0 Å². The summed E-state index contributed by atoms with van der Waals surface area (Å²) >= 11 is 5.95. The zero-order chi connectivity index (χ0) is 14.8. The van der Waals surface area contributed by atoms with Crippen LogP contribution in [0.3, 0.4) is 0 Å². The van der Waals surface area contributed by atoms with Crippen LogP contribution in [0.2, 0.25) is 5.02 Å². The van der Waals surface area contributed by atoms with Crippen molar-refractivity contribution in [1.82, 2.24) is 10.1 Å². The molecule has 1 aliphatic heterocycles. The average molecular weight is 306 g/mol. The first-order valence-corrected chi connectivity index (χ1v) is 7.29. The van der Waals surface area contributed by atoms with Crippen molar-refractivity contribution in [2.24, 2.45) is 5.73 Å². The molecule has 1 aromatic carbocycles. The molecule has 1 unspecified atom stereocenters. The number of likely N-dealkylation sites (tertiary alicyclic amines) is 1. The van der Waals surface area contributed by atoms with E-state index in [9.17, 15) is 4.79 Å². The van der Waals surface area contributed by atoms with Crippen molar-refractivity contribution in [2.45, 2.75) is 18.9 Å². The van der Waals surface area contributed by atoms with Crippen LogP contribution in [0.5, 0.6) is 0 Å². The zero-order valence-corrected chi connectivity index (χ0v) is 12.2. The monoisotopic (exact) mass is 305 g/mol. The molecule has 0 radical (unpaired) electrons. The third kappa shape index (κ3) is 3.09. The summed E-state index contributed by atoms with van der Waals surface area (Å²) in [6.07, 6.45) is 1.87. The van der Waals surface area contributed by atoms with Crippen LogP contribution < -0.4 is 5.73 Å². The molecule has 3 rings (SSSR count). The minimum Gasteiger partial charge on any atom is -0.350 e. The van der Waals surface area contributed by atoms with E-state index in [0.29, 0.717) is 23.8 Å². The first-order chi connectivity index (χ1) is 10.1. The molecule has 0 spiro atoms. The van der Waals surface area contributed by atoms with Crippen molar-refractivity contribution >= 4 is 17.5 Å². The zero-order valence-electron chi connectivity index (χ0n) is 11.5. The van der Waals surface area contributed by atoms with Gasteiger partial charge in [-0.05, 0) is 25.0 Å². The van der Waals surface area contributed by atoms with Crippen LogP contribution in [0.4, 0.5) is 0 Å². The second kappa shape index (κ2) is 5.87. The number of carbonyl (C=O) groups is 1. The maximum atomic E-state index is 12.4. The molecule has 2 aromatic rings. The van der Waals surface area contributed by atoms with Crippen LogP contribution in [0.1, 0.15) is 23.4 Å². The fourth-order valence-electron chi connectivity index (χ4n) is 2.51. The van der Waals surface area contributed by atoms with Gasteiger partial charge in [0, 0.05) is 35.8 Å². The maximum absolute atomic E-state index is 12.4. The molecule has 2 N–H and O–H groups in total. The van der Waals surface area contributed by atoms with Gasteiger partial charge in [-0.3, -0.25) is 4.79 Å². The van der Waals surface area contributed by atoms with E-state index in [0.717, 1.165) is 18.4 Å². The third-order valence-electron chi connectivity index (χ3n) is 3.59. The second-order valence-corrected chi connectivity index (χ2v) is 5.68. The molecule has 1 aliphatic rings. The molecule has 21 heavy (non-hydrogen) atoms. The molecule has 1 amide bonds. The molecule has 1 fully saturated rings. The Bertz CT molecular complexity index is 656. The van der Waals surface area contributed by atoms with Gasteiger partial charge in [-0.1, -0.05) is 28.9 Å². The van der Waals surface area contributed by atoms with Crippen molar-refractivity contribution in [3.05, 3.63) is 41.1 Å². The Morgan fingerprint density at radius 1 is 1.43 bits per heavy atom. The number of hydrogen-bond donors (Lipinski definition) is 1. The van der Waals surface area contributed by atoms with Crippen molar-refractivity contribution in [3.8, 4) is 11.3 Å². The molecule has 0 aliphatic carbocycles. The fraction of sp³-hybridized carbons (Fsp3) is 0.333. The Morgan fingerprint density at radius 3 is 3.05 bits per heavy atom. The van der Waals surface area contributed by atoms with Crippen molar-refractivity contribution < 1.29 is 9.32 Å². The average Bonchev–Trinajstić information content (AvgIpc) is 2.96. The summed E-state index contributed by atoms with van der Waals surface area (Å²) in [6.45, 7) is 1.27. The van der Waals surface area contributed by atoms with E-state index in [1.165, 1.54) is 0 Å². The molecular formula is C15H16ClN3O2. The fourth-order valence-corrected chi connectivity index (χ4v) is 2.70. The highest BCUT2D eigenvalue weighted by Gasteiger charge is 2.25. The normalized spacial score (nSPS) is 18.8. The van der Waals surface area contributed by atoms with Gasteiger partial charge in [-0.2, -0.15) is 0 Å². The number of nitrogens with two attached hydrogens (primary N) is 1. The summed E-state index contributed by atoms with van der Waals surface area (Å²) in [5.74, 6) is 0.0741. The van der Waals surface area contributed by atoms with Crippen molar-refractivity contribution in [3.63, 3.8) is 0 Å². The Hall–Kier alpha value is -1.85. The lowest BCUT2D eigenvalue weighted by Crippen LogP contribution is -2.45. The number of halogens is 1. The van der Waals surface area contributed by atoms with Gasteiger partial charge in [0.1, 0.15) is 5.69 Å². The van der Waals surface area contributed by atoms with Gasteiger partial charge in [-0.25, -0.2) is 0 Å². The van der Waals surface area contributed by atoms with Gasteiger partial charge in [0.25, 0.3) is 5.91 Å². The number of benzene rings is 1. The molecule has 1 atom stereocenters. The molecular weight excluding hydrogens is 290 g/mol. The quantitative estimate of drug-likeness (QED) is 0.925. The Labute approximate surface area is 127 Å². The lowest BCUT2D eigenvalue weighted by molar-refractivity contribution is 0.0667. The van der Waals surface area contributed by atoms with Crippen molar-refractivity contribution in [2.75, 3.05) is 13.1 Å². The number of rotatable bonds is 2. The van der Waals surface area contributed by atoms with E-state index >= 15 is 0 Å². The number of hydrogen-bond acceptors (Lipinski definition) is 4. The summed E-state index contributed by atoms with van der Waals surface area (Å²) in [6, 6.07) is 8.95. The standard InChI is InChI=1S/C15H16ClN3O2/c16-11-4-1-3-10(7-11)13-8-14(21-18-13)15(20)19-6-2-5-12(17)9-19/h1,3-4,7-8,12H,2,5-6,9,17H2. The highest BCUT2D eigenvalue weighted by molar-refractivity contribution is 6.30. The van der Waals surface area contributed by atoms with Crippen molar-refractivity contribution in [1.29, 1.82) is 0 Å². The van der Waals surface area contributed by atoms with E-state index in [-0.39, 0.29) is 17.7 Å². The predicted molar refractivity (Wildman–Crippen MR) is 80.1 cm³/mol. The van der Waals surface area contributed by atoms with Crippen LogP contribution in [-0.4, -0.2) is 35.1 Å². The third-order valence-corrected chi connectivity index (χ3v) is 3.82. The molecule has 0 bridgehead atoms. The number of carbonyl (C=O) groups excluding carboxylic acids is 1. The summed E-state index contributed by atoms with van der Waals surface area (Å²) < 4.78 is 5.18. The molecule has 2 heterocycles. The topological polar surface area (TPSA) is 72.4 Å². The highest BCUT2D eigenvalue weighted by atomic mass is 35.5. The smallest absolute Gasteiger partial charge is 0.292 e.